The van der Waals surface area contributed by atoms with Gasteiger partial charge in [0.25, 0.3) is 0 Å². The van der Waals surface area contributed by atoms with Gasteiger partial charge in [-0.2, -0.15) is 4.31 Å². The van der Waals surface area contributed by atoms with Gasteiger partial charge >= 0.3 is 0 Å². The van der Waals surface area contributed by atoms with Crippen LogP contribution in [-0.4, -0.2) is 68.5 Å². The molecule has 1 saturated heterocycles. The zero-order chi connectivity index (χ0) is 23.6. The molecule has 0 aliphatic carbocycles. The molecular formula is C21H22Cl2N4O5S. The number of rotatable bonds is 7. The number of hydrogen-bond donors (Lipinski definition) is 1. The molecule has 1 aromatic heterocycles. The number of morpholine rings is 1. The number of halogens is 2. The average molecular weight is 513 g/mol. The van der Waals surface area contributed by atoms with Gasteiger partial charge < -0.3 is 19.5 Å². The van der Waals surface area contributed by atoms with Gasteiger partial charge in [0.1, 0.15) is 24.9 Å². The first kappa shape index (κ1) is 23.8. The van der Waals surface area contributed by atoms with Gasteiger partial charge in [-0.1, -0.05) is 23.2 Å². The molecule has 0 amide bonds. The third kappa shape index (κ3) is 5.59. The Labute approximate surface area is 201 Å². The van der Waals surface area contributed by atoms with Crippen LogP contribution in [-0.2, 0) is 14.8 Å². The molecule has 0 spiro atoms. The van der Waals surface area contributed by atoms with E-state index in [-0.39, 0.29) is 13.2 Å². The fourth-order valence-electron chi connectivity index (χ4n) is 3.42. The summed E-state index contributed by atoms with van der Waals surface area (Å²) in [5.41, 5.74) is 1.35. The van der Waals surface area contributed by atoms with Crippen molar-refractivity contribution < 1.29 is 22.6 Å². The number of fused-ring (bicyclic) bond motifs is 1. The summed E-state index contributed by atoms with van der Waals surface area (Å²) >= 11 is 12.1. The molecule has 12 heteroatoms. The zero-order valence-corrected chi connectivity index (χ0v) is 20.2. The number of anilines is 2. The zero-order valence-electron chi connectivity index (χ0n) is 17.9. The van der Waals surface area contributed by atoms with Crippen molar-refractivity contribution in [2.24, 2.45) is 0 Å². The molecule has 0 saturated carbocycles. The van der Waals surface area contributed by atoms with E-state index in [1.807, 2.05) is 0 Å². The van der Waals surface area contributed by atoms with Crippen LogP contribution in [0.15, 0.2) is 36.7 Å². The van der Waals surface area contributed by atoms with Gasteiger partial charge in [-0.05, 0) is 24.3 Å². The minimum atomic E-state index is -3.29. The highest BCUT2D eigenvalue weighted by Gasteiger charge is 2.27. The summed E-state index contributed by atoms with van der Waals surface area (Å²) in [6, 6.07) is 8.71. The second-order valence-corrected chi connectivity index (χ2v) is 10.2. The third-order valence-electron chi connectivity index (χ3n) is 5.10. The van der Waals surface area contributed by atoms with E-state index in [9.17, 15) is 8.42 Å². The number of aromatic nitrogens is 2. The van der Waals surface area contributed by atoms with Crippen LogP contribution < -0.4 is 14.8 Å². The van der Waals surface area contributed by atoms with Crippen molar-refractivity contribution in [2.45, 2.75) is 6.10 Å². The molecule has 1 fully saturated rings. The number of benzene rings is 2. The monoisotopic (exact) mass is 512 g/mol. The summed E-state index contributed by atoms with van der Waals surface area (Å²) < 4.78 is 42.2. The SMILES string of the molecule is COc1cc2c(Nc3ccc(Cl)c(Cl)c3)ncnc2cc1OCC1CN(S(C)(=O)=O)CCO1. The van der Waals surface area contributed by atoms with Crippen LogP contribution in [0.1, 0.15) is 0 Å². The number of methoxy groups -OCH3 is 1. The van der Waals surface area contributed by atoms with E-state index in [2.05, 4.69) is 15.3 Å². The Morgan fingerprint density at radius 2 is 2.00 bits per heavy atom. The third-order valence-corrected chi connectivity index (χ3v) is 7.11. The van der Waals surface area contributed by atoms with Crippen molar-refractivity contribution in [3.05, 3.63) is 46.7 Å². The standard InChI is InChI=1S/C21H22Cl2N4O5S/c1-30-19-8-15-18(24-12-25-21(15)26-13-3-4-16(22)17(23)7-13)9-20(19)32-11-14-10-27(5-6-31-14)33(2,28)29/h3-4,7-9,12,14H,5-6,10-11H2,1-2H3,(H,24,25,26). The lowest BCUT2D eigenvalue weighted by Gasteiger charge is -2.31. The summed E-state index contributed by atoms with van der Waals surface area (Å²) in [6.07, 6.45) is 2.23. The highest BCUT2D eigenvalue weighted by Crippen LogP contribution is 2.35. The Hall–Kier alpha value is -2.37. The second-order valence-electron chi connectivity index (χ2n) is 7.42. The summed E-state index contributed by atoms with van der Waals surface area (Å²) in [5, 5.41) is 4.81. The number of nitrogens with one attached hydrogen (secondary N) is 1. The molecule has 9 nitrogen and oxygen atoms in total. The van der Waals surface area contributed by atoms with Crippen LogP contribution in [0.2, 0.25) is 10.0 Å². The molecule has 2 aromatic carbocycles. The van der Waals surface area contributed by atoms with Gasteiger partial charge in [-0.15, -0.1) is 0 Å². The highest BCUT2D eigenvalue weighted by atomic mass is 35.5. The fourth-order valence-corrected chi connectivity index (χ4v) is 4.56. The van der Waals surface area contributed by atoms with Crippen LogP contribution in [0.5, 0.6) is 11.5 Å². The molecule has 1 aliphatic heterocycles. The van der Waals surface area contributed by atoms with Gasteiger partial charge in [0, 0.05) is 30.2 Å². The van der Waals surface area contributed by atoms with Gasteiger partial charge in [0.15, 0.2) is 11.5 Å². The fraction of sp³-hybridized carbons (Fsp3) is 0.333. The number of sulfonamides is 1. The maximum Gasteiger partial charge on any atom is 0.211 e. The van der Waals surface area contributed by atoms with E-state index in [0.717, 1.165) is 0 Å². The van der Waals surface area contributed by atoms with E-state index in [1.165, 1.54) is 24.0 Å². The molecule has 0 bridgehead atoms. The smallest absolute Gasteiger partial charge is 0.211 e. The minimum Gasteiger partial charge on any atom is -0.493 e. The first-order valence-electron chi connectivity index (χ1n) is 9.99. The highest BCUT2D eigenvalue weighted by molar-refractivity contribution is 7.88. The van der Waals surface area contributed by atoms with Crippen molar-refractivity contribution in [3.63, 3.8) is 0 Å². The van der Waals surface area contributed by atoms with Crippen molar-refractivity contribution >= 4 is 55.6 Å². The molecular weight excluding hydrogens is 491 g/mol. The molecule has 1 aliphatic rings. The maximum absolute atomic E-state index is 11.8. The van der Waals surface area contributed by atoms with Crippen molar-refractivity contribution in [1.82, 2.24) is 14.3 Å². The second kappa shape index (κ2) is 9.86. The van der Waals surface area contributed by atoms with Crippen LogP contribution in [0.4, 0.5) is 11.5 Å². The average Bonchev–Trinajstić information content (AvgIpc) is 2.79. The van der Waals surface area contributed by atoms with Crippen LogP contribution in [0, 0.1) is 0 Å². The normalized spacial score (nSPS) is 17.2. The number of nitrogens with zero attached hydrogens (tertiary/aromatic N) is 3. The number of ether oxygens (including phenoxy) is 3. The van der Waals surface area contributed by atoms with Crippen molar-refractivity contribution in [1.29, 1.82) is 0 Å². The number of hydrogen-bond acceptors (Lipinski definition) is 8. The predicted octanol–water partition coefficient (Wildman–Crippen LogP) is 3.73. The summed E-state index contributed by atoms with van der Waals surface area (Å²) in [5.74, 6) is 1.50. The summed E-state index contributed by atoms with van der Waals surface area (Å²) in [7, 11) is -1.75. The Kier molecular flexibility index (Phi) is 7.10. The van der Waals surface area contributed by atoms with Crippen LogP contribution in [0.3, 0.4) is 0 Å². The topological polar surface area (TPSA) is 103 Å². The first-order chi connectivity index (χ1) is 15.7. The first-order valence-corrected chi connectivity index (χ1v) is 12.6. The summed E-state index contributed by atoms with van der Waals surface area (Å²) in [6.45, 7) is 1.04. The molecule has 176 valence electrons. The maximum atomic E-state index is 11.8. The molecule has 2 heterocycles. The largest absolute Gasteiger partial charge is 0.493 e. The molecule has 1 atom stereocenters. The van der Waals surface area contributed by atoms with E-state index in [0.29, 0.717) is 57.1 Å². The Balaban J connectivity index is 1.56. The lowest BCUT2D eigenvalue weighted by atomic mass is 10.2. The van der Waals surface area contributed by atoms with Crippen molar-refractivity contribution in [2.75, 3.05) is 45.0 Å². The quantitative estimate of drug-likeness (QED) is 0.510. The van der Waals surface area contributed by atoms with Gasteiger partial charge in [-0.25, -0.2) is 18.4 Å². The Morgan fingerprint density at radius 3 is 2.73 bits per heavy atom. The van der Waals surface area contributed by atoms with E-state index in [1.54, 1.807) is 30.3 Å². The van der Waals surface area contributed by atoms with Gasteiger partial charge in [0.2, 0.25) is 10.0 Å². The van der Waals surface area contributed by atoms with Crippen molar-refractivity contribution in [3.8, 4) is 11.5 Å². The van der Waals surface area contributed by atoms with Crippen LogP contribution in [0.25, 0.3) is 10.9 Å². The Morgan fingerprint density at radius 1 is 1.18 bits per heavy atom. The molecule has 0 radical (unpaired) electrons. The lowest BCUT2D eigenvalue weighted by Crippen LogP contribution is -2.47. The van der Waals surface area contributed by atoms with Crippen LogP contribution >= 0.6 is 23.2 Å². The lowest BCUT2D eigenvalue weighted by molar-refractivity contribution is -0.0251. The molecule has 4 rings (SSSR count). The van der Waals surface area contributed by atoms with Gasteiger partial charge in [0.05, 0.1) is 35.5 Å². The Bertz CT molecular complexity index is 1270. The van der Waals surface area contributed by atoms with E-state index in [4.69, 9.17) is 37.4 Å². The minimum absolute atomic E-state index is 0.160. The van der Waals surface area contributed by atoms with E-state index >= 15 is 0 Å². The molecule has 33 heavy (non-hydrogen) atoms. The van der Waals surface area contributed by atoms with E-state index < -0.39 is 16.1 Å². The predicted molar refractivity (Wildman–Crippen MR) is 127 cm³/mol. The van der Waals surface area contributed by atoms with Gasteiger partial charge in [-0.3, -0.25) is 0 Å². The summed E-state index contributed by atoms with van der Waals surface area (Å²) in [4.78, 5) is 8.67. The molecule has 1 unspecified atom stereocenters. The molecule has 1 N–H and O–H groups in total. The molecule has 3 aromatic rings.